The first-order chi connectivity index (χ1) is 12.1. The van der Waals surface area contributed by atoms with Crippen LogP contribution in [0.1, 0.15) is 30.4 Å². The maximum Gasteiger partial charge on any atom is 0.185 e. The average Bonchev–Trinajstić information content (AvgIpc) is 2.62. The molecule has 25 heavy (non-hydrogen) atoms. The molecule has 0 unspecified atom stereocenters. The van der Waals surface area contributed by atoms with Crippen molar-refractivity contribution in [3.63, 3.8) is 0 Å². The SMILES string of the molecule is COc1cc(/C=C2\CCC/C(=C\c3ccc(Cl)cc3)C2=O)ccc1O. The van der Waals surface area contributed by atoms with Crippen LogP contribution in [0.4, 0.5) is 0 Å². The minimum absolute atomic E-state index is 0.0771. The highest BCUT2D eigenvalue weighted by atomic mass is 35.5. The third kappa shape index (κ3) is 4.12. The van der Waals surface area contributed by atoms with Crippen molar-refractivity contribution in [2.45, 2.75) is 19.3 Å². The monoisotopic (exact) mass is 354 g/mol. The van der Waals surface area contributed by atoms with Crippen LogP contribution in [0.25, 0.3) is 12.2 Å². The Morgan fingerprint density at radius 3 is 2.24 bits per heavy atom. The molecule has 1 saturated carbocycles. The molecular formula is C21H19ClO3. The molecule has 128 valence electrons. The zero-order valence-electron chi connectivity index (χ0n) is 14.0. The van der Waals surface area contributed by atoms with Crippen molar-refractivity contribution < 1.29 is 14.6 Å². The van der Waals surface area contributed by atoms with Gasteiger partial charge in [0.1, 0.15) is 0 Å². The van der Waals surface area contributed by atoms with E-state index in [4.69, 9.17) is 16.3 Å². The third-order valence-electron chi connectivity index (χ3n) is 4.23. The molecule has 0 spiro atoms. The highest BCUT2D eigenvalue weighted by molar-refractivity contribution is 6.30. The van der Waals surface area contributed by atoms with Crippen LogP contribution in [0.15, 0.2) is 53.6 Å². The van der Waals surface area contributed by atoms with E-state index in [1.165, 1.54) is 7.11 Å². The smallest absolute Gasteiger partial charge is 0.185 e. The van der Waals surface area contributed by atoms with Gasteiger partial charge in [-0.05, 0) is 66.8 Å². The summed E-state index contributed by atoms with van der Waals surface area (Å²) < 4.78 is 5.13. The largest absolute Gasteiger partial charge is 0.504 e. The molecule has 1 aliphatic carbocycles. The van der Waals surface area contributed by atoms with Crippen LogP contribution in [-0.2, 0) is 4.79 Å². The highest BCUT2D eigenvalue weighted by Crippen LogP contribution is 2.31. The van der Waals surface area contributed by atoms with E-state index in [1.807, 2.05) is 36.4 Å². The fraction of sp³-hybridized carbons (Fsp3) is 0.190. The number of rotatable bonds is 3. The van der Waals surface area contributed by atoms with Crippen LogP contribution >= 0.6 is 11.6 Å². The lowest BCUT2D eigenvalue weighted by Crippen LogP contribution is -2.12. The molecule has 0 saturated heterocycles. The van der Waals surface area contributed by atoms with Gasteiger partial charge in [0.25, 0.3) is 0 Å². The standard InChI is InChI=1S/C21H19ClO3/c1-25-20-13-15(7-10-19(20)23)12-17-4-2-3-16(21(17)24)11-14-5-8-18(22)9-6-14/h5-13,23H,2-4H2,1H3/b16-11+,17-12+. The van der Waals surface area contributed by atoms with Crippen LogP contribution in [-0.4, -0.2) is 18.0 Å². The highest BCUT2D eigenvalue weighted by Gasteiger charge is 2.20. The lowest BCUT2D eigenvalue weighted by atomic mass is 9.87. The van der Waals surface area contributed by atoms with E-state index in [0.29, 0.717) is 10.8 Å². The van der Waals surface area contributed by atoms with E-state index in [9.17, 15) is 9.90 Å². The van der Waals surface area contributed by atoms with Gasteiger partial charge in [-0.3, -0.25) is 4.79 Å². The lowest BCUT2D eigenvalue weighted by Gasteiger charge is -2.17. The van der Waals surface area contributed by atoms with Gasteiger partial charge in [-0.2, -0.15) is 0 Å². The van der Waals surface area contributed by atoms with Crippen LogP contribution < -0.4 is 4.74 Å². The van der Waals surface area contributed by atoms with Crippen molar-refractivity contribution >= 4 is 29.5 Å². The minimum Gasteiger partial charge on any atom is -0.504 e. The predicted octanol–water partition coefficient (Wildman–Crippen LogP) is 5.27. The number of aromatic hydroxyl groups is 1. The molecular weight excluding hydrogens is 336 g/mol. The first kappa shape index (κ1) is 17.3. The molecule has 4 heteroatoms. The van der Waals surface area contributed by atoms with Crippen molar-refractivity contribution in [3.8, 4) is 11.5 Å². The molecule has 0 heterocycles. The molecule has 2 aromatic carbocycles. The number of carbonyl (C=O) groups is 1. The normalized spacial score (nSPS) is 17.9. The molecule has 1 N–H and O–H groups in total. The number of hydrogen-bond donors (Lipinski definition) is 1. The summed E-state index contributed by atoms with van der Waals surface area (Å²) in [5, 5.41) is 10.4. The van der Waals surface area contributed by atoms with E-state index in [0.717, 1.165) is 41.5 Å². The number of ketones is 1. The Bertz CT molecular complexity index is 848. The molecule has 3 nitrogen and oxygen atoms in total. The summed E-state index contributed by atoms with van der Waals surface area (Å²) in [6.07, 6.45) is 6.27. The van der Waals surface area contributed by atoms with Gasteiger partial charge in [0.15, 0.2) is 17.3 Å². The number of phenolic OH excluding ortho intramolecular Hbond substituents is 1. The van der Waals surface area contributed by atoms with Crippen molar-refractivity contribution in [1.82, 2.24) is 0 Å². The summed E-state index contributed by atoms with van der Waals surface area (Å²) in [4.78, 5) is 12.8. The van der Waals surface area contributed by atoms with Gasteiger partial charge in [0.2, 0.25) is 0 Å². The summed E-state index contributed by atoms with van der Waals surface area (Å²) in [7, 11) is 1.50. The topological polar surface area (TPSA) is 46.5 Å². The Hall–Kier alpha value is -2.52. The number of methoxy groups -OCH3 is 1. The van der Waals surface area contributed by atoms with Crippen LogP contribution in [0.2, 0.25) is 5.02 Å². The van der Waals surface area contributed by atoms with Crippen LogP contribution in [0.5, 0.6) is 11.5 Å². The van der Waals surface area contributed by atoms with Crippen LogP contribution in [0.3, 0.4) is 0 Å². The molecule has 0 amide bonds. The fourth-order valence-electron chi connectivity index (χ4n) is 2.92. The number of phenols is 1. The van der Waals surface area contributed by atoms with Gasteiger partial charge < -0.3 is 9.84 Å². The van der Waals surface area contributed by atoms with Crippen molar-refractivity contribution in [2.75, 3.05) is 7.11 Å². The molecule has 2 aromatic rings. The zero-order chi connectivity index (χ0) is 17.8. The predicted molar refractivity (Wildman–Crippen MR) is 101 cm³/mol. The number of Topliss-reactive ketones (excluding diaryl/α,β-unsaturated/α-hetero) is 1. The first-order valence-corrected chi connectivity index (χ1v) is 8.53. The van der Waals surface area contributed by atoms with Crippen LogP contribution in [0, 0.1) is 0 Å². The second-order valence-electron chi connectivity index (χ2n) is 6.00. The maximum atomic E-state index is 12.8. The number of allylic oxidation sites excluding steroid dienone is 2. The summed E-state index contributed by atoms with van der Waals surface area (Å²) in [6, 6.07) is 12.5. The lowest BCUT2D eigenvalue weighted by molar-refractivity contribution is -0.112. The molecule has 0 aliphatic heterocycles. The summed E-state index contributed by atoms with van der Waals surface area (Å²) >= 11 is 5.91. The number of carbonyl (C=O) groups excluding carboxylic acids is 1. The second-order valence-corrected chi connectivity index (χ2v) is 6.44. The van der Waals surface area contributed by atoms with E-state index in [1.54, 1.807) is 18.2 Å². The van der Waals surface area contributed by atoms with Gasteiger partial charge in [-0.25, -0.2) is 0 Å². The van der Waals surface area contributed by atoms with E-state index < -0.39 is 0 Å². The second kappa shape index (κ2) is 7.58. The zero-order valence-corrected chi connectivity index (χ0v) is 14.7. The quantitative estimate of drug-likeness (QED) is 0.763. The van der Waals surface area contributed by atoms with Gasteiger partial charge in [0, 0.05) is 16.2 Å². The van der Waals surface area contributed by atoms with Gasteiger partial charge in [-0.15, -0.1) is 0 Å². The Morgan fingerprint density at radius 1 is 1.00 bits per heavy atom. The Labute approximate surface area is 152 Å². The van der Waals surface area contributed by atoms with Crippen molar-refractivity contribution in [3.05, 3.63) is 69.8 Å². The maximum absolute atomic E-state index is 12.8. The molecule has 1 aliphatic rings. The van der Waals surface area contributed by atoms with Gasteiger partial charge in [0.05, 0.1) is 7.11 Å². The van der Waals surface area contributed by atoms with Gasteiger partial charge >= 0.3 is 0 Å². The molecule has 1 fully saturated rings. The number of hydrogen-bond acceptors (Lipinski definition) is 3. The Balaban J connectivity index is 1.88. The third-order valence-corrected chi connectivity index (χ3v) is 4.48. The van der Waals surface area contributed by atoms with Crippen molar-refractivity contribution in [2.24, 2.45) is 0 Å². The summed E-state index contributed by atoms with van der Waals surface area (Å²) in [5.74, 6) is 0.561. The molecule has 0 radical (unpaired) electrons. The van der Waals surface area contributed by atoms with E-state index in [2.05, 4.69) is 0 Å². The molecule has 0 bridgehead atoms. The first-order valence-electron chi connectivity index (χ1n) is 8.15. The Morgan fingerprint density at radius 2 is 1.60 bits per heavy atom. The Kier molecular flexibility index (Phi) is 5.25. The summed E-state index contributed by atoms with van der Waals surface area (Å²) in [6.45, 7) is 0. The summed E-state index contributed by atoms with van der Waals surface area (Å²) in [5.41, 5.74) is 3.40. The molecule has 0 aromatic heterocycles. The van der Waals surface area contributed by atoms with E-state index in [-0.39, 0.29) is 11.5 Å². The fourth-order valence-corrected chi connectivity index (χ4v) is 3.05. The number of halogens is 1. The number of ether oxygens (including phenoxy) is 1. The van der Waals surface area contributed by atoms with Crippen molar-refractivity contribution in [1.29, 1.82) is 0 Å². The van der Waals surface area contributed by atoms with E-state index >= 15 is 0 Å². The number of benzene rings is 2. The average molecular weight is 355 g/mol. The molecule has 0 atom stereocenters. The minimum atomic E-state index is 0.0771. The van der Waals surface area contributed by atoms with Gasteiger partial charge in [-0.1, -0.05) is 29.8 Å². The molecule has 3 rings (SSSR count).